The number of carbonyl (C=O) groups excluding carboxylic acids is 4. The maximum atomic E-state index is 13.0. The summed E-state index contributed by atoms with van der Waals surface area (Å²) in [6, 6.07) is -2.00. The molecule has 2 unspecified atom stereocenters. The molecule has 3 saturated heterocycles. The standard InChI is InChI=1S/C18H28N4O6/c1-9(23)12(10(2)24)21-7-17(15(21)27)5-6-18(20(17)4)8-22(16(18)28)13(11(3)25)14(19)26/h9,11-13,23,25H,5-8H2,1-4H3,(H2,19,26)/t9-,11-,12+,13+,17?,18?/m1/s1. The predicted molar refractivity (Wildman–Crippen MR) is 96.7 cm³/mol. The minimum Gasteiger partial charge on any atom is -0.391 e. The molecule has 0 aromatic rings. The molecule has 2 spiro atoms. The molecule has 4 N–H and O–H groups in total. The minimum atomic E-state index is -1.10. The van der Waals surface area contributed by atoms with Gasteiger partial charge >= 0.3 is 0 Å². The van der Waals surface area contributed by atoms with Crippen molar-refractivity contribution in [2.75, 3.05) is 20.1 Å². The Morgan fingerprint density at radius 2 is 1.36 bits per heavy atom. The lowest BCUT2D eigenvalue weighted by Crippen LogP contribution is -2.82. The summed E-state index contributed by atoms with van der Waals surface area (Å²) >= 11 is 0. The molecular formula is C18H28N4O6. The number of ketones is 1. The van der Waals surface area contributed by atoms with Crippen LogP contribution in [0.2, 0.25) is 0 Å². The number of hydrogen-bond donors (Lipinski definition) is 3. The van der Waals surface area contributed by atoms with E-state index in [4.69, 9.17) is 5.73 Å². The number of nitrogens with zero attached hydrogens (tertiary/aromatic N) is 3. The summed E-state index contributed by atoms with van der Waals surface area (Å²) in [7, 11) is 1.70. The van der Waals surface area contributed by atoms with E-state index in [1.54, 1.807) is 11.9 Å². The summed E-state index contributed by atoms with van der Waals surface area (Å²) < 4.78 is 0. The average molecular weight is 396 g/mol. The van der Waals surface area contributed by atoms with E-state index in [9.17, 15) is 29.4 Å². The average Bonchev–Trinajstić information content (AvgIpc) is 2.90. The molecule has 0 aromatic carbocycles. The second-order valence-electron chi connectivity index (χ2n) is 8.37. The van der Waals surface area contributed by atoms with Crippen molar-refractivity contribution in [1.29, 1.82) is 0 Å². The van der Waals surface area contributed by atoms with E-state index in [0.717, 1.165) is 0 Å². The highest BCUT2D eigenvalue weighted by Gasteiger charge is 2.71. The number of aliphatic hydroxyl groups excluding tert-OH is 2. The Kier molecular flexibility index (Phi) is 4.80. The summed E-state index contributed by atoms with van der Waals surface area (Å²) in [5, 5.41) is 19.7. The van der Waals surface area contributed by atoms with Crippen LogP contribution in [0.4, 0.5) is 0 Å². The third-order valence-corrected chi connectivity index (χ3v) is 6.71. The van der Waals surface area contributed by atoms with Gasteiger partial charge in [0.25, 0.3) is 0 Å². The van der Waals surface area contributed by atoms with Gasteiger partial charge in [-0.1, -0.05) is 0 Å². The highest BCUT2D eigenvalue weighted by atomic mass is 16.3. The number of hydrogen-bond acceptors (Lipinski definition) is 7. The first-order valence-corrected chi connectivity index (χ1v) is 9.42. The quantitative estimate of drug-likeness (QED) is 0.419. The molecule has 0 aliphatic carbocycles. The zero-order chi connectivity index (χ0) is 21.2. The minimum absolute atomic E-state index is 0.197. The first-order valence-electron chi connectivity index (χ1n) is 9.42. The molecule has 10 nitrogen and oxygen atoms in total. The molecule has 3 fully saturated rings. The number of carbonyl (C=O) groups is 4. The van der Waals surface area contributed by atoms with Gasteiger partial charge in [-0.05, 0) is 40.7 Å². The van der Waals surface area contributed by atoms with Gasteiger partial charge in [-0.2, -0.15) is 0 Å². The van der Waals surface area contributed by atoms with E-state index in [1.165, 1.54) is 30.6 Å². The summed E-state index contributed by atoms with van der Waals surface area (Å²) in [6.45, 7) is 4.66. The molecule has 3 aliphatic rings. The molecule has 156 valence electrons. The third-order valence-electron chi connectivity index (χ3n) is 6.71. The lowest BCUT2D eigenvalue weighted by Gasteiger charge is -2.59. The molecule has 6 atom stereocenters. The Bertz CT molecular complexity index is 680. The maximum absolute atomic E-state index is 13.0. The van der Waals surface area contributed by atoms with E-state index in [1.807, 2.05) is 0 Å². The molecule has 0 bridgehead atoms. The largest absolute Gasteiger partial charge is 0.391 e. The third kappa shape index (κ3) is 2.51. The molecular weight excluding hydrogens is 368 g/mol. The normalized spacial score (nSPS) is 34.2. The maximum Gasteiger partial charge on any atom is 0.245 e. The van der Waals surface area contributed by atoms with Crippen molar-refractivity contribution < 1.29 is 29.4 Å². The van der Waals surface area contributed by atoms with Crippen LogP contribution in [0.1, 0.15) is 33.6 Å². The number of rotatable bonds is 6. The lowest BCUT2D eigenvalue weighted by atomic mass is 9.83. The topological polar surface area (TPSA) is 144 Å². The van der Waals surface area contributed by atoms with Gasteiger partial charge < -0.3 is 25.7 Å². The fourth-order valence-electron chi connectivity index (χ4n) is 5.14. The van der Waals surface area contributed by atoms with Crippen LogP contribution in [0.5, 0.6) is 0 Å². The number of nitrogens with two attached hydrogens (primary N) is 1. The molecule has 10 heteroatoms. The molecule has 3 heterocycles. The highest BCUT2D eigenvalue weighted by molar-refractivity contribution is 6.02. The summed E-state index contributed by atoms with van der Waals surface area (Å²) in [5.74, 6) is -1.68. The van der Waals surface area contributed by atoms with Crippen molar-refractivity contribution in [3.05, 3.63) is 0 Å². The first kappa shape index (κ1) is 20.7. The van der Waals surface area contributed by atoms with Gasteiger partial charge in [0.15, 0.2) is 5.78 Å². The second kappa shape index (κ2) is 6.50. The van der Waals surface area contributed by atoms with Crippen molar-refractivity contribution in [3.63, 3.8) is 0 Å². The number of likely N-dealkylation sites (N-methyl/N-ethyl adjacent to an activating group) is 1. The van der Waals surface area contributed by atoms with Crippen LogP contribution in [0, 0.1) is 0 Å². The van der Waals surface area contributed by atoms with Gasteiger partial charge in [-0.25, -0.2) is 0 Å². The molecule has 28 heavy (non-hydrogen) atoms. The van der Waals surface area contributed by atoms with Gasteiger partial charge in [-0.3, -0.25) is 24.1 Å². The van der Waals surface area contributed by atoms with Gasteiger partial charge in [0.2, 0.25) is 17.7 Å². The van der Waals surface area contributed by atoms with Gasteiger partial charge in [0.1, 0.15) is 23.2 Å². The monoisotopic (exact) mass is 396 g/mol. The van der Waals surface area contributed by atoms with Crippen LogP contribution in [0.3, 0.4) is 0 Å². The van der Waals surface area contributed by atoms with Gasteiger partial charge in [0, 0.05) is 13.1 Å². The van der Waals surface area contributed by atoms with E-state index in [-0.39, 0.29) is 30.7 Å². The molecule has 3 rings (SSSR count). The van der Waals surface area contributed by atoms with Gasteiger partial charge in [0.05, 0.1) is 12.2 Å². The molecule has 3 amide bonds. The van der Waals surface area contributed by atoms with Crippen LogP contribution >= 0.6 is 0 Å². The fraction of sp³-hybridized carbons (Fsp3) is 0.778. The smallest absolute Gasteiger partial charge is 0.245 e. The Labute approximate surface area is 163 Å². The van der Waals surface area contributed by atoms with Gasteiger partial charge in [-0.15, -0.1) is 0 Å². The molecule has 0 radical (unpaired) electrons. The zero-order valence-electron chi connectivity index (χ0n) is 16.6. The summed E-state index contributed by atoms with van der Waals surface area (Å²) in [6.07, 6.45) is -1.20. The fourth-order valence-corrected chi connectivity index (χ4v) is 5.14. The van der Waals surface area contributed by atoms with Crippen molar-refractivity contribution in [1.82, 2.24) is 14.7 Å². The van der Waals surface area contributed by atoms with Crippen LogP contribution < -0.4 is 5.73 Å². The van der Waals surface area contributed by atoms with E-state index < -0.39 is 41.3 Å². The van der Waals surface area contributed by atoms with E-state index in [0.29, 0.717) is 12.8 Å². The number of amides is 3. The Hall–Kier alpha value is -2.04. The highest BCUT2D eigenvalue weighted by Crippen LogP contribution is 2.51. The zero-order valence-corrected chi connectivity index (χ0v) is 16.6. The number of Topliss-reactive ketones (excluding diaryl/α,β-unsaturated/α-hetero) is 1. The number of likely N-dealkylation sites (tertiary alicyclic amines) is 3. The SMILES string of the molecule is CC(=O)[C@H]([C@@H](C)O)N1CC2(CCC3(CN([C@H](C(N)=O)[C@@H](C)O)C3=O)N2C)C1=O. The molecule has 0 aromatic heterocycles. The second-order valence-corrected chi connectivity index (χ2v) is 8.37. The Morgan fingerprint density at radius 1 is 0.964 bits per heavy atom. The number of β-lactam (4-membered cyclic amide) rings is 2. The van der Waals surface area contributed by atoms with Crippen molar-refractivity contribution in [2.24, 2.45) is 5.73 Å². The van der Waals surface area contributed by atoms with Crippen molar-refractivity contribution >= 4 is 23.5 Å². The van der Waals surface area contributed by atoms with E-state index >= 15 is 0 Å². The van der Waals surface area contributed by atoms with Crippen LogP contribution in [-0.4, -0.2) is 104 Å². The Balaban J connectivity index is 1.77. The lowest BCUT2D eigenvalue weighted by molar-refractivity contribution is -0.188. The van der Waals surface area contributed by atoms with Crippen molar-refractivity contribution in [3.8, 4) is 0 Å². The summed E-state index contributed by atoms with van der Waals surface area (Å²) in [5.41, 5.74) is 3.52. The Morgan fingerprint density at radius 3 is 1.64 bits per heavy atom. The van der Waals surface area contributed by atoms with Crippen LogP contribution in [0.15, 0.2) is 0 Å². The summed E-state index contributed by atoms with van der Waals surface area (Å²) in [4.78, 5) is 53.8. The van der Waals surface area contributed by atoms with Crippen LogP contribution in [-0.2, 0) is 19.2 Å². The molecule has 0 saturated carbocycles. The number of primary amides is 1. The van der Waals surface area contributed by atoms with E-state index in [2.05, 4.69) is 0 Å². The molecule has 3 aliphatic heterocycles. The first-order chi connectivity index (χ1) is 12.9. The predicted octanol–water partition coefficient (Wildman–Crippen LogP) is -2.55. The van der Waals surface area contributed by atoms with Crippen LogP contribution in [0.25, 0.3) is 0 Å². The van der Waals surface area contributed by atoms with Crippen molar-refractivity contribution in [2.45, 2.75) is 69.0 Å². The number of aliphatic hydroxyl groups is 2.